The molecule has 2 aromatic rings. The summed E-state index contributed by atoms with van der Waals surface area (Å²) in [4.78, 5) is 39.8. The normalized spacial score (nSPS) is 21.6. The van der Waals surface area contributed by atoms with Crippen molar-refractivity contribution in [3.8, 4) is 0 Å². The van der Waals surface area contributed by atoms with Gasteiger partial charge in [-0.2, -0.15) is 10.1 Å². The number of fused-ring (bicyclic) bond motifs is 1. The van der Waals surface area contributed by atoms with Crippen LogP contribution in [0.25, 0.3) is 0 Å². The summed E-state index contributed by atoms with van der Waals surface area (Å²) in [7, 11) is 0. The number of likely N-dealkylation sites (tertiary alicyclic amines) is 1. The average molecular weight is 524 g/mol. The fourth-order valence-electron chi connectivity index (χ4n) is 5.73. The summed E-state index contributed by atoms with van der Waals surface area (Å²) in [5.41, 5.74) is 8.37. The largest absolute Gasteiger partial charge is 0.350 e. The smallest absolute Gasteiger partial charge is 0.243 e. The highest BCUT2D eigenvalue weighted by Gasteiger charge is 2.37. The van der Waals surface area contributed by atoms with E-state index in [1.54, 1.807) is 18.7 Å². The van der Waals surface area contributed by atoms with E-state index in [0.717, 1.165) is 80.1 Å². The molecule has 0 saturated carbocycles. The lowest BCUT2D eigenvalue weighted by Crippen LogP contribution is -2.58. The number of piperidine rings is 1. The molecular formula is C27H41N9O2. The lowest BCUT2D eigenvalue weighted by molar-refractivity contribution is -0.138. The number of carbonyl (C=O) groups is 2. The van der Waals surface area contributed by atoms with Crippen LogP contribution in [0.15, 0.2) is 6.07 Å². The zero-order valence-corrected chi connectivity index (χ0v) is 23.0. The fourth-order valence-corrected chi connectivity index (χ4v) is 5.73. The Morgan fingerprint density at radius 3 is 2.66 bits per heavy atom. The van der Waals surface area contributed by atoms with E-state index in [1.807, 2.05) is 11.0 Å². The van der Waals surface area contributed by atoms with Crippen molar-refractivity contribution < 1.29 is 9.59 Å². The Hall–Kier alpha value is -3.21. The lowest BCUT2D eigenvalue weighted by atomic mass is 10.00. The summed E-state index contributed by atoms with van der Waals surface area (Å²) in [5.74, 6) is 2.35. The van der Waals surface area contributed by atoms with E-state index in [4.69, 9.17) is 15.7 Å². The van der Waals surface area contributed by atoms with Gasteiger partial charge < -0.3 is 26.2 Å². The van der Waals surface area contributed by atoms with Crippen LogP contribution in [0.5, 0.6) is 0 Å². The number of hydrogen-bond donors (Lipinski definition) is 4. The molecule has 11 heteroatoms. The summed E-state index contributed by atoms with van der Waals surface area (Å²) >= 11 is 0. The van der Waals surface area contributed by atoms with Crippen molar-refractivity contribution in [1.29, 1.82) is 0 Å². The Labute approximate surface area is 224 Å². The van der Waals surface area contributed by atoms with Gasteiger partial charge in [0.2, 0.25) is 17.8 Å². The van der Waals surface area contributed by atoms with E-state index in [-0.39, 0.29) is 23.9 Å². The molecule has 2 amide bonds. The van der Waals surface area contributed by atoms with Crippen LogP contribution < -0.4 is 21.3 Å². The molecule has 0 aromatic carbocycles. The first-order valence-corrected chi connectivity index (χ1v) is 14.0. The number of hydrogen-bond acceptors (Lipinski definition) is 8. The molecule has 11 nitrogen and oxygen atoms in total. The van der Waals surface area contributed by atoms with Crippen molar-refractivity contribution >= 4 is 29.4 Å². The Balaban J connectivity index is 1.31. The number of aromatic nitrogens is 4. The molecule has 0 spiro atoms. The van der Waals surface area contributed by atoms with Crippen LogP contribution in [0.1, 0.15) is 82.7 Å². The van der Waals surface area contributed by atoms with Crippen molar-refractivity contribution in [2.45, 2.75) is 96.2 Å². The number of aryl methyl sites for hydroxylation is 1. The van der Waals surface area contributed by atoms with Gasteiger partial charge in [-0.15, -0.1) is 0 Å². The van der Waals surface area contributed by atoms with E-state index in [1.165, 1.54) is 0 Å². The third kappa shape index (κ3) is 5.48. The van der Waals surface area contributed by atoms with Crippen LogP contribution in [0.2, 0.25) is 0 Å². The van der Waals surface area contributed by atoms with Gasteiger partial charge in [0.15, 0.2) is 5.82 Å². The summed E-state index contributed by atoms with van der Waals surface area (Å²) in [6, 6.07) is 1.60. The highest BCUT2D eigenvalue weighted by atomic mass is 16.2. The van der Waals surface area contributed by atoms with Crippen molar-refractivity contribution in [2.75, 3.05) is 29.9 Å². The number of nitrogens with one attached hydrogen (secondary N) is 3. The number of rotatable bonds is 7. The van der Waals surface area contributed by atoms with Crippen LogP contribution in [0.4, 0.5) is 17.6 Å². The Bertz CT molecular complexity index is 1190. The SMILES string of the molecule is CC(C)c1cc(Nc2nc(N3CCC[C@@H]3C(=O)N[C@@H]3CCCN(C(=O)C(C)(C)N)C3)nc3c2CCC3)n[nH]1. The summed E-state index contributed by atoms with van der Waals surface area (Å²) in [6.07, 6.45) is 6.21. The molecule has 3 aliphatic rings. The molecule has 0 unspecified atom stereocenters. The number of nitrogens with zero attached hydrogens (tertiary/aromatic N) is 5. The Morgan fingerprint density at radius 2 is 1.92 bits per heavy atom. The number of nitrogens with two attached hydrogens (primary N) is 1. The highest BCUT2D eigenvalue weighted by molar-refractivity contribution is 5.87. The van der Waals surface area contributed by atoms with Gasteiger partial charge in [-0.25, -0.2) is 4.98 Å². The third-order valence-corrected chi connectivity index (χ3v) is 7.81. The number of carbonyl (C=O) groups excluding carboxylic acids is 2. The monoisotopic (exact) mass is 523 g/mol. The van der Waals surface area contributed by atoms with Crippen molar-refractivity contribution in [3.63, 3.8) is 0 Å². The van der Waals surface area contributed by atoms with Gasteiger partial charge >= 0.3 is 0 Å². The maximum absolute atomic E-state index is 13.5. The third-order valence-electron chi connectivity index (χ3n) is 7.81. The molecule has 2 aliphatic heterocycles. The zero-order chi connectivity index (χ0) is 27.0. The van der Waals surface area contributed by atoms with E-state index < -0.39 is 5.54 Å². The first-order chi connectivity index (χ1) is 18.1. The molecule has 0 radical (unpaired) electrons. The van der Waals surface area contributed by atoms with E-state index in [2.05, 4.69) is 34.7 Å². The first-order valence-electron chi connectivity index (χ1n) is 14.0. The second-order valence-electron chi connectivity index (χ2n) is 11.8. The minimum absolute atomic E-state index is 0.0266. The maximum Gasteiger partial charge on any atom is 0.243 e. The number of anilines is 3. The van der Waals surface area contributed by atoms with Crippen molar-refractivity contribution in [2.24, 2.45) is 5.73 Å². The van der Waals surface area contributed by atoms with E-state index in [9.17, 15) is 9.59 Å². The molecule has 4 heterocycles. The molecular weight excluding hydrogens is 482 g/mol. The van der Waals surface area contributed by atoms with Crippen molar-refractivity contribution in [1.82, 2.24) is 30.4 Å². The Morgan fingerprint density at radius 1 is 1.13 bits per heavy atom. The van der Waals surface area contributed by atoms with Crippen molar-refractivity contribution in [3.05, 3.63) is 23.0 Å². The topological polar surface area (TPSA) is 145 Å². The summed E-state index contributed by atoms with van der Waals surface area (Å²) < 4.78 is 0. The minimum atomic E-state index is -0.920. The van der Waals surface area contributed by atoms with Gasteiger partial charge in [0.05, 0.1) is 11.2 Å². The molecule has 0 bridgehead atoms. The second kappa shape index (κ2) is 10.5. The van der Waals surface area contributed by atoms with Gasteiger partial charge in [0.25, 0.3) is 0 Å². The fraction of sp³-hybridized carbons (Fsp3) is 0.667. The van der Waals surface area contributed by atoms with Gasteiger partial charge in [-0.1, -0.05) is 13.8 Å². The number of aromatic amines is 1. The van der Waals surface area contributed by atoms with E-state index >= 15 is 0 Å². The maximum atomic E-state index is 13.5. The van der Waals surface area contributed by atoms with Gasteiger partial charge in [0, 0.05) is 43.0 Å². The Kier molecular flexibility index (Phi) is 7.30. The van der Waals surface area contributed by atoms with Gasteiger partial charge in [-0.05, 0) is 64.7 Å². The average Bonchev–Trinajstić information content (AvgIpc) is 3.63. The molecule has 2 fully saturated rings. The number of H-pyrrole nitrogens is 1. The summed E-state index contributed by atoms with van der Waals surface area (Å²) in [6.45, 7) is 9.59. The molecule has 38 heavy (non-hydrogen) atoms. The predicted octanol–water partition coefficient (Wildman–Crippen LogP) is 2.37. The summed E-state index contributed by atoms with van der Waals surface area (Å²) in [5, 5.41) is 14.1. The van der Waals surface area contributed by atoms with E-state index in [0.29, 0.717) is 25.0 Å². The minimum Gasteiger partial charge on any atom is -0.350 e. The standard InChI is InChI=1S/C27H41N9O2/c1-16(2)20-14-22(34-33-20)31-23-18-9-5-10-19(18)30-26(32-23)36-13-7-11-21(36)24(37)29-17-8-6-12-35(15-17)25(38)27(3,4)28/h14,16-17,21H,5-13,15,28H2,1-4H3,(H,29,37)(H2,30,31,32,33,34)/t17-,21-/m1/s1. The van der Waals surface area contributed by atoms with Crippen LogP contribution in [0, 0.1) is 0 Å². The predicted molar refractivity (Wildman–Crippen MR) is 146 cm³/mol. The lowest BCUT2D eigenvalue weighted by Gasteiger charge is -2.37. The molecule has 2 atom stereocenters. The van der Waals surface area contributed by atoms with Crippen LogP contribution in [-0.2, 0) is 22.4 Å². The second-order valence-corrected chi connectivity index (χ2v) is 11.8. The van der Waals surface area contributed by atoms with Gasteiger partial charge in [0.1, 0.15) is 11.9 Å². The number of amides is 2. The quantitative estimate of drug-likeness (QED) is 0.433. The molecule has 1 aliphatic carbocycles. The molecule has 2 saturated heterocycles. The van der Waals surface area contributed by atoms with Crippen LogP contribution in [0.3, 0.4) is 0 Å². The molecule has 206 valence electrons. The molecule has 5 N–H and O–H groups in total. The first kappa shape index (κ1) is 26.4. The highest BCUT2D eigenvalue weighted by Crippen LogP contribution is 2.33. The molecule has 2 aromatic heterocycles. The molecule has 5 rings (SSSR count). The van der Waals surface area contributed by atoms with Gasteiger partial charge in [-0.3, -0.25) is 14.7 Å². The van der Waals surface area contributed by atoms with Crippen LogP contribution >= 0.6 is 0 Å². The van der Waals surface area contributed by atoms with Crippen LogP contribution in [-0.4, -0.2) is 74.1 Å². The zero-order valence-electron chi connectivity index (χ0n) is 23.0.